The van der Waals surface area contributed by atoms with Crippen LogP contribution in [0.1, 0.15) is 66.3 Å². The Morgan fingerprint density at radius 1 is 1.09 bits per heavy atom. The average Bonchev–Trinajstić information content (AvgIpc) is 3.17. The fraction of sp³-hybridized carbons (Fsp3) is 0.458. The van der Waals surface area contributed by atoms with E-state index in [0.717, 1.165) is 11.3 Å². The van der Waals surface area contributed by atoms with Gasteiger partial charge < -0.3 is 14.8 Å². The zero-order chi connectivity index (χ0) is 25.3. The number of amides is 2. The molecule has 2 amide bonds. The highest BCUT2D eigenvalue weighted by molar-refractivity contribution is 7.17. The predicted molar refractivity (Wildman–Crippen MR) is 129 cm³/mol. The first-order valence-corrected chi connectivity index (χ1v) is 12.0. The summed E-state index contributed by atoms with van der Waals surface area (Å²) >= 11 is 0.988. The fourth-order valence-electron chi connectivity index (χ4n) is 3.08. The van der Waals surface area contributed by atoms with E-state index in [1.165, 1.54) is 0 Å². The molecule has 184 valence electrons. The van der Waals surface area contributed by atoms with Gasteiger partial charge in [-0.3, -0.25) is 14.9 Å². The van der Waals surface area contributed by atoms with Crippen molar-refractivity contribution in [1.82, 2.24) is 10.3 Å². The van der Waals surface area contributed by atoms with Crippen LogP contribution in [-0.4, -0.2) is 47.5 Å². The lowest BCUT2D eigenvalue weighted by molar-refractivity contribution is -0.156. The van der Waals surface area contributed by atoms with Crippen molar-refractivity contribution in [2.24, 2.45) is 5.92 Å². The maximum absolute atomic E-state index is 12.9. The third-order valence-electron chi connectivity index (χ3n) is 4.74. The summed E-state index contributed by atoms with van der Waals surface area (Å²) in [4.78, 5) is 54.7. The minimum Gasteiger partial charge on any atom is -0.462 e. The molecular weight excluding hydrogens is 458 g/mol. The number of carbonyl (C=O) groups is 4. The Hall–Kier alpha value is -3.27. The summed E-state index contributed by atoms with van der Waals surface area (Å²) in [7, 11) is 0. The van der Waals surface area contributed by atoms with Gasteiger partial charge in [0.15, 0.2) is 11.2 Å². The van der Waals surface area contributed by atoms with Gasteiger partial charge in [0.2, 0.25) is 0 Å². The number of esters is 2. The fourth-order valence-corrected chi connectivity index (χ4v) is 3.95. The van der Waals surface area contributed by atoms with Gasteiger partial charge in [0.05, 0.1) is 12.3 Å². The van der Waals surface area contributed by atoms with E-state index in [1.54, 1.807) is 51.1 Å². The molecule has 0 fully saturated rings. The van der Waals surface area contributed by atoms with Crippen LogP contribution in [0.2, 0.25) is 0 Å². The number of ether oxygens (including phenoxy) is 2. The molecule has 9 nitrogen and oxygen atoms in total. The molecule has 0 radical (unpaired) electrons. The van der Waals surface area contributed by atoms with Crippen molar-refractivity contribution < 1.29 is 28.7 Å². The molecular formula is C24H31N3O6S. The summed E-state index contributed by atoms with van der Waals surface area (Å²) in [6, 6.07) is 7.64. The van der Waals surface area contributed by atoms with Crippen molar-refractivity contribution in [2.75, 3.05) is 11.9 Å². The molecule has 2 atom stereocenters. The molecule has 0 unspecified atom stereocenters. The van der Waals surface area contributed by atoms with E-state index in [2.05, 4.69) is 15.6 Å². The van der Waals surface area contributed by atoms with E-state index < -0.39 is 35.9 Å². The van der Waals surface area contributed by atoms with E-state index in [-0.39, 0.29) is 24.1 Å². The molecule has 0 saturated heterocycles. The van der Waals surface area contributed by atoms with E-state index in [0.29, 0.717) is 22.6 Å². The minimum absolute atomic E-state index is 0.0992. The van der Waals surface area contributed by atoms with Gasteiger partial charge in [0.1, 0.15) is 10.9 Å². The molecule has 34 heavy (non-hydrogen) atoms. The number of hydrogen-bond donors (Lipinski definition) is 2. The molecule has 0 saturated carbocycles. The number of thiazole rings is 1. The Balaban J connectivity index is 2.07. The van der Waals surface area contributed by atoms with Gasteiger partial charge in [-0.05, 0) is 44.7 Å². The molecule has 2 N–H and O–H groups in total. The topological polar surface area (TPSA) is 124 Å². The second-order valence-electron chi connectivity index (χ2n) is 8.00. The van der Waals surface area contributed by atoms with E-state index in [4.69, 9.17) is 9.47 Å². The minimum atomic E-state index is -1.09. The monoisotopic (exact) mass is 489 g/mol. The number of nitrogens with one attached hydrogen (secondary N) is 2. The van der Waals surface area contributed by atoms with Crippen LogP contribution in [0.25, 0.3) is 0 Å². The Kier molecular flexibility index (Phi) is 10.2. The number of aryl methyl sites for hydroxylation is 1. The van der Waals surface area contributed by atoms with E-state index in [1.807, 2.05) is 13.8 Å². The summed E-state index contributed by atoms with van der Waals surface area (Å²) in [5, 5.41) is 5.51. The van der Waals surface area contributed by atoms with Crippen LogP contribution in [0.5, 0.6) is 0 Å². The van der Waals surface area contributed by atoms with Gasteiger partial charge in [-0.25, -0.2) is 14.6 Å². The molecule has 0 bridgehead atoms. The van der Waals surface area contributed by atoms with Crippen molar-refractivity contribution in [3.63, 3.8) is 0 Å². The highest BCUT2D eigenvalue weighted by Gasteiger charge is 2.29. The first kappa shape index (κ1) is 27.0. The number of nitrogens with zero attached hydrogens (tertiary/aromatic N) is 1. The van der Waals surface area contributed by atoms with Gasteiger partial charge in [0, 0.05) is 5.56 Å². The van der Waals surface area contributed by atoms with Crippen LogP contribution < -0.4 is 10.6 Å². The smallest absolute Gasteiger partial charge is 0.350 e. The normalized spacial score (nSPS) is 12.5. The molecule has 0 aliphatic heterocycles. The lowest BCUT2D eigenvalue weighted by atomic mass is 10.0. The molecule has 0 aliphatic rings. The van der Waals surface area contributed by atoms with E-state index in [9.17, 15) is 19.2 Å². The Morgan fingerprint density at radius 2 is 1.76 bits per heavy atom. The van der Waals surface area contributed by atoms with Gasteiger partial charge in [-0.15, -0.1) is 0 Å². The standard InChI is InChI=1S/C24H31N3O6S/c1-6-18(21(29)27-24-25-15(5)19(34-24)23(31)32-7-2)33-22(30)17(13-14(3)4)26-20(28)16-11-9-8-10-12-16/h8-12,14,17-18H,6-7,13H2,1-5H3,(H,26,28)(H,25,27,29)/t17-,18+/m0/s1. The molecule has 2 aromatic rings. The molecule has 1 aromatic heterocycles. The first-order chi connectivity index (χ1) is 16.2. The molecule has 10 heteroatoms. The molecule has 0 spiro atoms. The van der Waals surface area contributed by atoms with Crippen molar-refractivity contribution in [1.29, 1.82) is 0 Å². The number of hydrogen-bond acceptors (Lipinski definition) is 8. The van der Waals surface area contributed by atoms with Gasteiger partial charge in [-0.2, -0.15) is 0 Å². The largest absolute Gasteiger partial charge is 0.462 e. The molecule has 2 rings (SSSR count). The average molecular weight is 490 g/mol. The van der Waals surface area contributed by atoms with Crippen LogP contribution >= 0.6 is 11.3 Å². The van der Waals surface area contributed by atoms with Gasteiger partial charge in [0.25, 0.3) is 11.8 Å². The number of carbonyl (C=O) groups excluding carboxylic acids is 4. The summed E-state index contributed by atoms with van der Waals surface area (Å²) in [5.74, 6) is -2.07. The second-order valence-corrected chi connectivity index (χ2v) is 9.00. The van der Waals surface area contributed by atoms with Gasteiger partial charge >= 0.3 is 11.9 Å². The molecule has 0 aliphatic carbocycles. The van der Waals surface area contributed by atoms with Crippen molar-refractivity contribution in [3.05, 3.63) is 46.5 Å². The third-order valence-corrected chi connectivity index (χ3v) is 5.80. The van der Waals surface area contributed by atoms with Crippen LogP contribution in [0, 0.1) is 12.8 Å². The maximum Gasteiger partial charge on any atom is 0.350 e. The van der Waals surface area contributed by atoms with Crippen LogP contribution in [0.15, 0.2) is 30.3 Å². The number of rotatable bonds is 11. The van der Waals surface area contributed by atoms with Crippen LogP contribution in [-0.2, 0) is 19.1 Å². The van der Waals surface area contributed by atoms with Gasteiger partial charge in [-0.1, -0.05) is 50.3 Å². The Bertz CT molecular complexity index is 1010. The Morgan fingerprint density at radius 3 is 2.35 bits per heavy atom. The summed E-state index contributed by atoms with van der Waals surface area (Å²) < 4.78 is 10.5. The molecule has 1 aromatic carbocycles. The first-order valence-electron chi connectivity index (χ1n) is 11.2. The van der Waals surface area contributed by atoms with Crippen LogP contribution in [0.3, 0.4) is 0 Å². The zero-order valence-corrected chi connectivity index (χ0v) is 20.9. The third kappa shape index (κ3) is 7.65. The number of anilines is 1. The van der Waals surface area contributed by atoms with E-state index >= 15 is 0 Å². The summed E-state index contributed by atoms with van der Waals surface area (Å²) in [6.07, 6.45) is -0.524. The quantitative estimate of drug-likeness (QED) is 0.461. The second kappa shape index (κ2) is 12.8. The molecule has 1 heterocycles. The lowest BCUT2D eigenvalue weighted by Gasteiger charge is -2.22. The number of benzene rings is 1. The summed E-state index contributed by atoms with van der Waals surface area (Å²) in [5.41, 5.74) is 0.856. The number of aromatic nitrogens is 1. The SMILES string of the molecule is CCOC(=O)c1sc(NC(=O)[C@@H](CC)OC(=O)[C@H](CC(C)C)NC(=O)c2ccccc2)nc1C. The van der Waals surface area contributed by atoms with Crippen molar-refractivity contribution in [2.45, 2.75) is 59.6 Å². The maximum atomic E-state index is 12.9. The summed E-state index contributed by atoms with van der Waals surface area (Å²) in [6.45, 7) is 9.11. The highest BCUT2D eigenvalue weighted by Crippen LogP contribution is 2.24. The van der Waals surface area contributed by atoms with Crippen molar-refractivity contribution >= 4 is 40.2 Å². The zero-order valence-electron chi connectivity index (χ0n) is 20.0. The highest BCUT2D eigenvalue weighted by atomic mass is 32.1. The Labute approximate surface area is 203 Å². The van der Waals surface area contributed by atoms with Crippen LogP contribution in [0.4, 0.5) is 5.13 Å². The van der Waals surface area contributed by atoms with Crippen molar-refractivity contribution in [3.8, 4) is 0 Å². The lowest BCUT2D eigenvalue weighted by Crippen LogP contribution is -2.45. The predicted octanol–water partition coefficient (Wildman–Crippen LogP) is 3.73.